The van der Waals surface area contributed by atoms with Crippen LogP contribution in [0.4, 0.5) is 0 Å². The number of hydrogen-bond donors (Lipinski definition) is 1. The van der Waals surface area contributed by atoms with Gasteiger partial charge in [0.2, 0.25) is 0 Å². The average molecular weight is 265 g/mol. The van der Waals surface area contributed by atoms with Crippen LogP contribution < -0.4 is 10.1 Å². The van der Waals surface area contributed by atoms with Crippen LogP contribution in [0.3, 0.4) is 0 Å². The van der Waals surface area contributed by atoms with Crippen molar-refractivity contribution in [3.63, 3.8) is 0 Å². The zero-order valence-corrected chi connectivity index (χ0v) is 12.7. The van der Waals surface area contributed by atoms with Crippen molar-refractivity contribution in [1.82, 2.24) is 5.32 Å². The minimum atomic E-state index is 0.469. The Kier molecular flexibility index (Phi) is 7.53. The van der Waals surface area contributed by atoms with E-state index in [1.165, 1.54) is 11.1 Å². The number of ether oxygens (including phenoxy) is 2. The molecule has 0 radical (unpaired) electrons. The Hall–Kier alpha value is -1.06. The molecule has 1 N–H and O–H groups in total. The zero-order chi connectivity index (χ0) is 14.1. The lowest BCUT2D eigenvalue weighted by molar-refractivity contribution is 0.141. The van der Waals surface area contributed by atoms with Gasteiger partial charge in [-0.25, -0.2) is 0 Å². The molecule has 0 aliphatic rings. The lowest BCUT2D eigenvalue weighted by Gasteiger charge is -2.18. The van der Waals surface area contributed by atoms with Crippen molar-refractivity contribution < 1.29 is 9.47 Å². The maximum atomic E-state index is 5.44. The largest absolute Gasteiger partial charge is 0.496 e. The Balaban J connectivity index is 2.56. The van der Waals surface area contributed by atoms with E-state index < -0.39 is 0 Å². The fraction of sp³-hybridized carbons (Fsp3) is 0.625. The fourth-order valence-corrected chi connectivity index (χ4v) is 2.26. The first-order chi connectivity index (χ1) is 9.21. The topological polar surface area (TPSA) is 30.5 Å². The highest BCUT2D eigenvalue weighted by molar-refractivity contribution is 5.37. The Morgan fingerprint density at radius 2 is 2.11 bits per heavy atom. The van der Waals surface area contributed by atoms with E-state index in [1.54, 1.807) is 7.11 Å². The molecule has 1 atom stereocenters. The monoisotopic (exact) mass is 265 g/mol. The molecule has 1 unspecified atom stereocenters. The quantitative estimate of drug-likeness (QED) is 0.696. The van der Waals surface area contributed by atoms with Gasteiger partial charge in [-0.3, -0.25) is 0 Å². The molecule has 0 saturated heterocycles. The van der Waals surface area contributed by atoms with Gasteiger partial charge in [-0.2, -0.15) is 0 Å². The van der Waals surface area contributed by atoms with E-state index in [-0.39, 0.29) is 0 Å². The van der Waals surface area contributed by atoms with Gasteiger partial charge in [-0.05, 0) is 51.8 Å². The molecular weight excluding hydrogens is 238 g/mol. The lowest BCUT2D eigenvalue weighted by atomic mass is 9.99. The molecule has 19 heavy (non-hydrogen) atoms. The third-order valence-corrected chi connectivity index (χ3v) is 3.36. The van der Waals surface area contributed by atoms with Crippen molar-refractivity contribution in [3.05, 3.63) is 29.3 Å². The van der Waals surface area contributed by atoms with Crippen LogP contribution in [0, 0.1) is 6.92 Å². The zero-order valence-electron chi connectivity index (χ0n) is 12.7. The molecule has 0 heterocycles. The van der Waals surface area contributed by atoms with E-state index in [2.05, 4.69) is 30.4 Å². The minimum absolute atomic E-state index is 0.469. The first-order valence-corrected chi connectivity index (χ1v) is 7.09. The van der Waals surface area contributed by atoms with E-state index in [0.717, 1.165) is 38.2 Å². The van der Waals surface area contributed by atoms with Crippen molar-refractivity contribution in [2.45, 2.75) is 39.2 Å². The minimum Gasteiger partial charge on any atom is -0.496 e. The second-order valence-corrected chi connectivity index (χ2v) is 4.84. The summed E-state index contributed by atoms with van der Waals surface area (Å²) in [6, 6.07) is 6.82. The number of methoxy groups -OCH3 is 1. The third kappa shape index (κ3) is 5.62. The van der Waals surface area contributed by atoms with Gasteiger partial charge in [-0.15, -0.1) is 0 Å². The van der Waals surface area contributed by atoms with Crippen LogP contribution in [-0.4, -0.2) is 33.4 Å². The van der Waals surface area contributed by atoms with Crippen LogP contribution in [0.15, 0.2) is 18.2 Å². The van der Waals surface area contributed by atoms with Crippen molar-refractivity contribution in [2.75, 3.05) is 27.4 Å². The van der Waals surface area contributed by atoms with Gasteiger partial charge >= 0.3 is 0 Å². The Labute approximate surface area is 117 Å². The van der Waals surface area contributed by atoms with Gasteiger partial charge in [0.1, 0.15) is 5.75 Å². The van der Waals surface area contributed by atoms with Gasteiger partial charge in [0.05, 0.1) is 7.11 Å². The standard InChI is InChI=1S/C16H27NO2/c1-5-19-10-6-7-15(17-3)12-14-11-13(2)8-9-16(14)18-4/h8-9,11,15,17H,5-7,10,12H2,1-4H3. The maximum absolute atomic E-state index is 5.44. The first-order valence-electron chi connectivity index (χ1n) is 7.09. The van der Waals surface area contributed by atoms with Gasteiger partial charge in [0.25, 0.3) is 0 Å². The summed E-state index contributed by atoms with van der Waals surface area (Å²) in [7, 11) is 3.76. The molecule has 0 spiro atoms. The van der Waals surface area contributed by atoms with Gasteiger partial charge in [0, 0.05) is 19.3 Å². The molecule has 3 nitrogen and oxygen atoms in total. The van der Waals surface area contributed by atoms with E-state index in [1.807, 2.05) is 14.0 Å². The molecule has 0 bridgehead atoms. The molecule has 0 saturated carbocycles. The molecule has 0 aliphatic heterocycles. The third-order valence-electron chi connectivity index (χ3n) is 3.36. The van der Waals surface area contributed by atoms with E-state index >= 15 is 0 Å². The summed E-state index contributed by atoms with van der Waals surface area (Å²) in [6.45, 7) is 5.80. The van der Waals surface area contributed by atoms with Gasteiger partial charge in [-0.1, -0.05) is 17.7 Å². The first kappa shape index (κ1) is 16.0. The molecule has 1 aromatic carbocycles. The summed E-state index contributed by atoms with van der Waals surface area (Å²) < 4.78 is 10.8. The van der Waals surface area contributed by atoms with Crippen molar-refractivity contribution in [3.8, 4) is 5.75 Å². The number of nitrogens with one attached hydrogen (secondary N) is 1. The summed E-state index contributed by atoms with van der Waals surface area (Å²) in [5, 5.41) is 3.39. The van der Waals surface area contributed by atoms with Crippen LogP contribution in [0.25, 0.3) is 0 Å². The summed E-state index contributed by atoms with van der Waals surface area (Å²) >= 11 is 0. The van der Waals surface area contributed by atoms with Gasteiger partial charge < -0.3 is 14.8 Å². The van der Waals surface area contributed by atoms with Crippen LogP contribution in [0.2, 0.25) is 0 Å². The maximum Gasteiger partial charge on any atom is 0.122 e. The number of benzene rings is 1. The van der Waals surface area contributed by atoms with Crippen LogP contribution in [0.5, 0.6) is 5.75 Å². The Bertz CT molecular complexity index is 366. The highest BCUT2D eigenvalue weighted by Crippen LogP contribution is 2.22. The molecule has 0 fully saturated rings. The van der Waals surface area contributed by atoms with Crippen molar-refractivity contribution in [1.29, 1.82) is 0 Å². The highest BCUT2D eigenvalue weighted by Gasteiger charge is 2.11. The Morgan fingerprint density at radius 1 is 1.32 bits per heavy atom. The highest BCUT2D eigenvalue weighted by atomic mass is 16.5. The van der Waals surface area contributed by atoms with Crippen LogP contribution in [-0.2, 0) is 11.2 Å². The fourth-order valence-electron chi connectivity index (χ4n) is 2.26. The number of rotatable bonds is 9. The lowest BCUT2D eigenvalue weighted by Crippen LogP contribution is -2.28. The summed E-state index contributed by atoms with van der Waals surface area (Å²) in [4.78, 5) is 0. The average Bonchev–Trinajstić information content (AvgIpc) is 2.42. The van der Waals surface area contributed by atoms with E-state index in [0.29, 0.717) is 6.04 Å². The SMILES string of the molecule is CCOCCCC(Cc1cc(C)ccc1OC)NC. The number of hydrogen-bond acceptors (Lipinski definition) is 3. The van der Waals surface area contributed by atoms with Gasteiger partial charge in [0.15, 0.2) is 0 Å². The molecule has 108 valence electrons. The van der Waals surface area contributed by atoms with E-state index in [9.17, 15) is 0 Å². The molecular formula is C16H27NO2. The van der Waals surface area contributed by atoms with Crippen molar-refractivity contribution >= 4 is 0 Å². The van der Waals surface area contributed by atoms with Crippen molar-refractivity contribution in [2.24, 2.45) is 0 Å². The predicted octanol–water partition coefficient (Wildman–Crippen LogP) is 2.95. The summed E-state index contributed by atoms with van der Waals surface area (Å²) in [6.07, 6.45) is 3.20. The van der Waals surface area contributed by atoms with Crippen LogP contribution in [0.1, 0.15) is 30.9 Å². The van der Waals surface area contributed by atoms with Crippen LogP contribution >= 0.6 is 0 Å². The number of aryl methyl sites for hydroxylation is 1. The molecule has 0 amide bonds. The normalized spacial score (nSPS) is 12.4. The molecule has 0 aromatic heterocycles. The molecule has 1 rings (SSSR count). The number of likely N-dealkylation sites (N-methyl/N-ethyl adjacent to an activating group) is 1. The summed E-state index contributed by atoms with van der Waals surface area (Å²) in [5.41, 5.74) is 2.55. The predicted molar refractivity (Wildman–Crippen MR) is 80.0 cm³/mol. The Morgan fingerprint density at radius 3 is 2.74 bits per heavy atom. The van der Waals surface area contributed by atoms with E-state index in [4.69, 9.17) is 9.47 Å². The molecule has 3 heteroatoms. The smallest absolute Gasteiger partial charge is 0.122 e. The second-order valence-electron chi connectivity index (χ2n) is 4.84. The molecule has 0 aliphatic carbocycles. The molecule has 1 aromatic rings. The second kappa shape index (κ2) is 8.94. The summed E-state index contributed by atoms with van der Waals surface area (Å²) in [5.74, 6) is 0.982.